The number of aliphatic hydroxyl groups excluding tert-OH is 1. The number of hydrogen-bond acceptors (Lipinski definition) is 3. The van der Waals surface area contributed by atoms with E-state index < -0.39 is 6.10 Å². The van der Waals surface area contributed by atoms with Gasteiger partial charge in [-0.05, 0) is 49.7 Å². The fraction of sp³-hybridized carbons (Fsp3) is 0.625. The summed E-state index contributed by atoms with van der Waals surface area (Å²) in [7, 11) is 0. The summed E-state index contributed by atoms with van der Waals surface area (Å²) in [6.45, 7) is 0.641. The molecule has 0 amide bonds. The van der Waals surface area contributed by atoms with Gasteiger partial charge in [-0.1, -0.05) is 12.1 Å². The number of ether oxygens (including phenoxy) is 1. The zero-order valence-electron chi connectivity index (χ0n) is 11.6. The van der Waals surface area contributed by atoms with Crippen molar-refractivity contribution < 1.29 is 14.2 Å². The number of nitrogens with one attached hydrogen (secondary N) is 1. The van der Waals surface area contributed by atoms with Crippen molar-refractivity contribution in [1.29, 1.82) is 0 Å². The van der Waals surface area contributed by atoms with E-state index >= 15 is 0 Å². The van der Waals surface area contributed by atoms with Crippen molar-refractivity contribution in [3.05, 3.63) is 30.1 Å². The predicted octanol–water partition coefficient (Wildman–Crippen LogP) is 2.34. The first kappa shape index (κ1) is 13.8. The number of aliphatic hydroxyl groups is 1. The standard InChI is InChI=1S/C16H22FNO2/c17-14-3-1-2-4-15(14)20-10-13(19)9-18-16(11-5-6-11)12-7-8-12/h1-4,11-13,16,18-19H,5-10H2. The molecule has 0 aromatic heterocycles. The van der Waals surface area contributed by atoms with E-state index in [0.29, 0.717) is 12.6 Å². The van der Waals surface area contributed by atoms with Crippen LogP contribution in [0.25, 0.3) is 0 Å². The molecular weight excluding hydrogens is 257 g/mol. The van der Waals surface area contributed by atoms with Gasteiger partial charge in [0.2, 0.25) is 0 Å². The Morgan fingerprint density at radius 1 is 1.20 bits per heavy atom. The van der Waals surface area contributed by atoms with Gasteiger partial charge in [0.25, 0.3) is 0 Å². The molecule has 0 saturated heterocycles. The Hall–Kier alpha value is -1.13. The molecule has 2 N–H and O–H groups in total. The Balaban J connectivity index is 1.40. The van der Waals surface area contributed by atoms with Gasteiger partial charge in [0.05, 0.1) is 0 Å². The van der Waals surface area contributed by atoms with Gasteiger partial charge in [-0.3, -0.25) is 0 Å². The molecule has 1 aromatic rings. The van der Waals surface area contributed by atoms with Crippen LogP contribution in [0.1, 0.15) is 25.7 Å². The van der Waals surface area contributed by atoms with Crippen LogP contribution in [0.5, 0.6) is 5.75 Å². The zero-order valence-corrected chi connectivity index (χ0v) is 11.6. The van der Waals surface area contributed by atoms with E-state index in [1.165, 1.54) is 31.7 Å². The highest BCUT2D eigenvalue weighted by Crippen LogP contribution is 2.44. The number of benzene rings is 1. The number of hydrogen-bond donors (Lipinski definition) is 2. The number of para-hydroxylation sites is 1. The van der Waals surface area contributed by atoms with Crippen LogP contribution in [0, 0.1) is 17.7 Å². The summed E-state index contributed by atoms with van der Waals surface area (Å²) >= 11 is 0. The maximum absolute atomic E-state index is 13.4. The first-order valence-electron chi connectivity index (χ1n) is 7.53. The second kappa shape index (κ2) is 6.10. The van der Waals surface area contributed by atoms with Crippen LogP contribution in [-0.2, 0) is 0 Å². The van der Waals surface area contributed by atoms with Crippen LogP contribution in [0.2, 0.25) is 0 Å². The van der Waals surface area contributed by atoms with Crippen molar-refractivity contribution >= 4 is 0 Å². The highest BCUT2D eigenvalue weighted by molar-refractivity contribution is 5.23. The summed E-state index contributed by atoms with van der Waals surface area (Å²) in [5.41, 5.74) is 0. The van der Waals surface area contributed by atoms with Gasteiger partial charge in [0.1, 0.15) is 12.7 Å². The molecule has 0 spiro atoms. The molecule has 0 heterocycles. The van der Waals surface area contributed by atoms with Gasteiger partial charge >= 0.3 is 0 Å². The Morgan fingerprint density at radius 2 is 1.85 bits per heavy atom. The minimum Gasteiger partial charge on any atom is -0.488 e. The van der Waals surface area contributed by atoms with Crippen LogP contribution >= 0.6 is 0 Å². The third-order valence-corrected chi connectivity index (χ3v) is 4.12. The van der Waals surface area contributed by atoms with Crippen molar-refractivity contribution in [2.24, 2.45) is 11.8 Å². The van der Waals surface area contributed by atoms with Crippen LogP contribution in [0.4, 0.5) is 4.39 Å². The van der Waals surface area contributed by atoms with Gasteiger partial charge in [0, 0.05) is 12.6 Å². The third kappa shape index (κ3) is 3.70. The van der Waals surface area contributed by atoms with Gasteiger partial charge in [-0.15, -0.1) is 0 Å². The first-order chi connectivity index (χ1) is 9.74. The average molecular weight is 279 g/mol. The molecule has 0 bridgehead atoms. The minimum atomic E-state index is -0.602. The molecule has 1 atom stereocenters. The van der Waals surface area contributed by atoms with Crippen molar-refractivity contribution in [1.82, 2.24) is 5.32 Å². The Bertz CT molecular complexity index is 434. The molecule has 4 heteroatoms. The molecule has 20 heavy (non-hydrogen) atoms. The first-order valence-corrected chi connectivity index (χ1v) is 7.53. The second-order valence-electron chi connectivity index (χ2n) is 6.00. The summed E-state index contributed by atoms with van der Waals surface area (Å²) in [6.07, 6.45) is 4.66. The van der Waals surface area contributed by atoms with E-state index in [0.717, 1.165) is 11.8 Å². The maximum Gasteiger partial charge on any atom is 0.165 e. The molecule has 110 valence electrons. The molecule has 2 aliphatic rings. The SMILES string of the molecule is OC(CNC(C1CC1)C1CC1)COc1ccccc1F. The van der Waals surface area contributed by atoms with Crippen molar-refractivity contribution in [2.75, 3.05) is 13.2 Å². The summed E-state index contributed by atoms with van der Waals surface area (Å²) in [5, 5.41) is 13.4. The molecule has 1 unspecified atom stereocenters. The van der Waals surface area contributed by atoms with E-state index in [2.05, 4.69) is 5.32 Å². The summed E-state index contributed by atoms with van der Waals surface area (Å²) in [6, 6.07) is 6.84. The predicted molar refractivity (Wildman–Crippen MR) is 75.1 cm³/mol. The lowest BCUT2D eigenvalue weighted by atomic mass is 10.1. The largest absolute Gasteiger partial charge is 0.488 e. The molecule has 3 nitrogen and oxygen atoms in total. The summed E-state index contributed by atoms with van der Waals surface area (Å²) in [4.78, 5) is 0. The van der Waals surface area contributed by atoms with Gasteiger partial charge in [-0.25, -0.2) is 4.39 Å². The molecule has 0 radical (unpaired) electrons. The lowest BCUT2D eigenvalue weighted by Gasteiger charge is -2.20. The van der Waals surface area contributed by atoms with Gasteiger partial charge in [-0.2, -0.15) is 0 Å². The molecule has 2 saturated carbocycles. The van der Waals surface area contributed by atoms with Crippen LogP contribution in [0.15, 0.2) is 24.3 Å². The van der Waals surface area contributed by atoms with Crippen LogP contribution < -0.4 is 10.1 Å². The second-order valence-corrected chi connectivity index (χ2v) is 6.00. The molecule has 2 fully saturated rings. The van der Waals surface area contributed by atoms with Crippen molar-refractivity contribution in [2.45, 2.75) is 37.8 Å². The number of halogens is 1. The topological polar surface area (TPSA) is 41.5 Å². The molecule has 1 aromatic carbocycles. The fourth-order valence-electron chi connectivity index (χ4n) is 2.71. The van der Waals surface area contributed by atoms with E-state index in [4.69, 9.17) is 4.74 Å². The molecule has 3 rings (SSSR count). The molecular formula is C16H22FNO2. The molecule has 2 aliphatic carbocycles. The Morgan fingerprint density at radius 3 is 2.45 bits per heavy atom. The lowest BCUT2D eigenvalue weighted by molar-refractivity contribution is 0.0994. The van der Waals surface area contributed by atoms with Gasteiger partial charge < -0.3 is 15.2 Å². The zero-order chi connectivity index (χ0) is 13.9. The smallest absolute Gasteiger partial charge is 0.165 e. The Kier molecular flexibility index (Phi) is 4.22. The Labute approximate surface area is 119 Å². The highest BCUT2D eigenvalue weighted by Gasteiger charge is 2.41. The van der Waals surface area contributed by atoms with E-state index in [-0.39, 0.29) is 18.2 Å². The lowest BCUT2D eigenvalue weighted by Crippen LogP contribution is -2.40. The normalized spacial score (nSPS) is 20.1. The van der Waals surface area contributed by atoms with Crippen molar-refractivity contribution in [3.8, 4) is 5.75 Å². The van der Waals surface area contributed by atoms with E-state index in [1.54, 1.807) is 18.2 Å². The number of rotatable bonds is 8. The van der Waals surface area contributed by atoms with Crippen LogP contribution in [0.3, 0.4) is 0 Å². The highest BCUT2D eigenvalue weighted by atomic mass is 19.1. The van der Waals surface area contributed by atoms with E-state index in [9.17, 15) is 9.50 Å². The van der Waals surface area contributed by atoms with Crippen LogP contribution in [-0.4, -0.2) is 30.4 Å². The van der Waals surface area contributed by atoms with E-state index in [1.807, 2.05) is 0 Å². The van der Waals surface area contributed by atoms with Gasteiger partial charge in [0.15, 0.2) is 11.6 Å². The summed E-state index contributed by atoms with van der Waals surface area (Å²) < 4.78 is 18.7. The third-order valence-electron chi connectivity index (χ3n) is 4.12. The minimum absolute atomic E-state index is 0.121. The van der Waals surface area contributed by atoms with Crippen molar-refractivity contribution in [3.63, 3.8) is 0 Å². The molecule has 0 aliphatic heterocycles. The fourth-order valence-corrected chi connectivity index (χ4v) is 2.71. The summed E-state index contributed by atoms with van der Waals surface area (Å²) in [5.74, 6) is 1.43. The quantitative estimate of drug-likeness (QED) is 0.767. The monoisotopic (exact) mass is 279 g/mol. The average Bonchev–Trinajstić information content (AvgIpc) is 3.31. The maximum atomic E-state index is 13.4.